The lowest BCUT2D eigenvalue weighted by Gasteiger charge is -2.21. The Morgan fingerprint density at radius 3 is 2.83 bits per heavy atom. The third-order valence-corrected chi connectivity index (χ3v) is 2.89. The number of amides is 1. The van der Waals surface area contributed by atoms with Crippen LogP contribution in [0.3, 0.4) is 0 Å². The molecule has 0 fully saturated rings. The maximum absolute atomic E-state index is 12.0. The summed E-state index contributed by atoms with van der Waals surface area (Å²) in [6.07, 6.45) is 2.73. The van der Waals surface area contributed by atoms with E-state index in [0.29, 0.717) is 6.54 Å². The van der Waals surface area contributed by atoms with Crippen molar-refractivity contribution in [3.8, 4) is 5.75 Å². The molecule has 1 unspecified atom stereocenters. The summed E-state index contributed by atoms with van der Waals surface area (Å²) in [5.74, 6) is 0.162. The van der Waals surface area contributed by atoms with Crippen molar-refractivity contribution in [2.75, 3.05) is 7.05 Å². The second-order valence-electron chi connectivity index (χ2n) is 4.61. The molecule has 0 aliphatic heterocycles. The first kappa shape index (κ1) is 14.5. The zero-order chi connectivity index (χ0) is 13.5. The van der Waals surface area contributed by atoms with Gasteiger partial charge in [-0.25, -0.2) is 0 Å². The van der Waals surface area contributed by atoms with Crippen LogP contribution in [0.2, 0.25) is 0 Å². The number of carbonyl (C=O) groups is 1. The number of rotatable bonds is 6. The minimum Gasteiger partial charge on any atom is -0.508 e. The summed E-state index contributed by atoms with van der Waals surface area (Å²) in [4.78, 5) is 13.6. The number of nitrogens with zero attached hydrogens (tertiary/aromatic N) is 1. The summed E-state index contributed by atoms with van der Waals surface area (Å²) in [6, 6.07) is 6.48. The topological polar surface area (TPSA) is 66.6 Å². The lowest BCUT2D eigenvalue weighted by molar-refractivity contribution is -0.132. The monoisotopic (exact) mass is 250 g/mol. The summed E-state index contributed by atoms with van der Waals surface area (Å²) in [6.45, 7) is 2.54. The molecule has 1 atom stereocenters. The average Bonchev–Trinajstić information content (AvgIpc) is 2.35. The standard InChI is InChI=1S/C14H22N2O2/c1-3-4-8-13(15)14(18)16(2)10-11-6-5-7-12(17)9-11/h5-7,9,13,17H,3-4,8,10,15H2,1-2H3. The third kappa shape index (κ3) is 4.37. The van der Waals surface area contributed by atoms with E-state index in [9.17, 15) is 9.90 Å². The highest BCUT2D eigenvalue weighted by Crippen LogP contribution is 2.13. The van der Waals surface area contributed by atoms with Gasteiger partial charge in [-0.3, -0.25) is 4.79 Å². The average molecular weight is 250 g/mol. The number of likely N-dealkylation sites (N-methyl/N-ethyl adjacent to an activating group) is 1. The maximum atomic E-state index is 12.0. The van der Waals surface area contributed by atoms with E-state index in [0.717, 1.165) is 24.8 Å². The minimum absolute atomic E-state index is 0.0493. The van der Waals surface area contributed by atoms with Crippen LogP contribution in [0.1, 0.15) is 31.7 Å². The van der Waals surface area contributed by atoms with Crippen LogP contribution in [0.15, 0.2) is 24.3 Å². The van der Waals surface area contributed by atoms with Crippen LogP contribution in [0.5, 0.6) is 5.75 Å². The van der Waals surface area contributed by atoms with Crippen LogP contribution >= 0.6 is 0 Å². The fourth-order valence-corrected chi connectivity index (χ4v) is 1.84. The number of aromatic hydroxyl groups is 1. The van der Waals surface area contributed by atoms with Gasteiger partial charge in [0, 0.05) is 13.6 Å². The molecule has 100 valence electrons. The summed E-state index contributed by atoms with van der Waals surface area (Å²) in [5, 5.41) is 9.36. The van der Waals surface area contributed by atoms with Crippen molar-refractivity contribution in [3.63, 3.8) is 0 Å². The Kier molecular flexibility index (Phi) is 5.65. The van der Waals surface area contributed by atoms with Gasteiger partial charge in [0.15, 0.2) is 0 Å². The second-order valence-corrected chi connectivity index (χ2v) is 4.61. The zero-order valence-electron chi connectivity index (χ0n) is 11.1. The lowest BCUT2D eigenvalue weighted by atomic mass is 10.1. The van der Waals surface area contributed by atoms with Crippen LogP contribution in [-0.4, -0.2) is 29.0 Å². The summed E-state index contributed by atoms with van der Waals surface area (Å²) in [7, 11) is 1.73. The molecular formula is C14H22N2O2. The van der Waals surface area contributed by atoms with Gasteiger partial charge in [-0.15, -0.1) is 0 Å². The summed E-state index contributed by atoms with van der Waals surface area (Å²) in [5.41, 5.74) is 6.74. The van der Waals surface area contributed by atoms with Gasteiger partial charge >= 0.3 is 0 Å². The first-order valence-electron chi connectivity index (χ1n) is 6.33. The molecule has 0 aromatic heterocycles. The van der Waals surface area contributed by atoms with E-state index >= 15 is 0 Å². The Hall–Kier alpha value is -1.55. The third-order valence-electron chi connectivity index (χ3n) is 2.89. The highest BCUT2D eigenvalue weighted by molar-refractivity contribution is 5.81. The van der Waals surface area contributed by atoms with Crippen molar-refractivity contribution < 1.29 is 9.90 Å². The molecule has 0 bridgehead atoms. The van der Waals surface area contributed by atoms with Gasteiger partial charge in [-0.1, -0.05) is 31.9 Å². The molecule has 0 aliphatic carbocycles. The second kappa shape index (κ2) is 7.01. The van der Waals surface area contributed by atoms with Gasteiger partial charge in [-0.05, 0) is 24.1 Å². The molecule has 0 heterocycles. The predicted molar refractivity (Wildman–Crippen MR) is 72.1 cm³/mol. The number of nitrogens with two attached hydrogens (primary N) is 1. The number of phenolic OH excluding ortho intramolecular Hbond substituents is 1. The molecule has 1 rings (SSSR count). The Morgan fingerprint density at radius 2 is 2.22 bits per heavy atom. The molecule has 0 saturated carbocycles. The van der Waals surface area contributed by atoms with Gasteiger partial charge in [0.2, 0.25) is 5.91 Å². The van der Waals surface area contributed by atoms with E-state index in [1.165, 1.54) is 0 Å². The number of phenols is 1. The Labute approximate surface area is 108 Å². The van der Waals surface area contributed by atoms with Gasteiger partial charge in [0.05, 0.1) is 6.04 Å². The SMILES string of the molecule is CCCCC(N)C(=O)N(C)Cc1cccc(O)c1. The quantitative estimate of drug-likeness (QED) is 0.810. The van der Waals surface area contributed by atoms with E-state index in [4.69, 9.17) is 5.73 Å². The molecule has 4 nitrogen and oxygen atoms in total. The predicted octanol–water partition coefficient (Wildman–Crippen LogP) is 1.87. The van der Waals surface area contributed by atoms with E-state index in [1.807, 2.05) is 6.07 Å². The smallest absolute Gasteiger partial charge is 0.239 e. The number of carbonyl (C=O) groups excluding carboxylic acids is 1. The molecule has 0 saturated heterocycles. The fourth-order valence-electron chi connectivity index (χ4n) is 1.84. The van der Waals surface area contributed by atoms with Crippen molar-refractivity contribution >= 4 is 5.91 Å². The molecule has 0 radical (unpaired) electrons. The molecule has 0 aliphatic rings. The van der Waals surface area contributed by atoms with Crippen LogP contribution in [-0.2, 0) is 11.3 Å². The Morgan fingerprint density at radius 1 is 1.50 bits per heavy atom. The molecule has 1 aromatic carbocycles. The number of benzene rings is 1. The molecule has 0 spiro atoms. The van der Waals surface area contributed by atoms with Crippen LogP contribution in [0.25, 0.3) is 0 Å². The molecule has 1 aromatic rings. The first-order chi connectivity index (χ1) is 8.54. The highest BCUT2D eigenvalue weighted by atomic mass is 16.3. The molecular weight excluding hydrogens is 228 g/mol. The molecule has 1 amide bonds. The fraction of sp³-hybridized carbons (Fsp3) is 0.500. The number of unbranched alkanes of at least 4 members (excludes halogenated alkanes) is 1. The summed E-state index contributed by atoms with van der Waals surface area (Å²) < 4.78 is 0. The van der Waals surface area contributed by atoms with Crippen LogP contribution in [0.4, 0.5) is 0 Å². The molecule has 3 N–H and O–H groups in total. The lowest BCUT2D eigenvalue weighted by Crippen LogP contribution is -2.41. The Bertz CT molecular complexity index is 393. The highest BCUT2D eigenvalue weighted by Gasteiger charge is 2.17. The molecule has 18 heavy (non-hydrogen) atoms. The van der Waals surface area contributed by atoms with Gasteiger partial charge in [0.25, 0.3) is 0 Å². The van der Waals surface area contributed by atoms with Crippen molar-refractivity contribution in [1.29, 1.82) is 0 Å². The van der Waals surface area contributed by atoms with E-state index in [1.54, 1.807) is 30.1 Å². The van der Waals surface area contributed by atoms with Gasteiger partial charge < -0.3 is 15.7 Å². The first-order valence-corrected chi connectivity index (χ1v) is 6.33. The summed E-state index contributed by atoms with van der Waals surface area (Å²) >= 11 is 0. The van der Waals surface area contributed by atoms with Crippen LogP contribution in [0, 0.1) is 0 Å². The van der Waals surface area contributed by atoms with E-state index in [2.05, 4.69) is 6.92 Å². The minimum atomic E-state index is -0.424. The number of hydrogen-bond donors (Lipinski definition) is 2. The van der Waals surface area contributed by atoms with Crippen LogP contribution < -0.4 is 5.73 Å². The van der Waals surface area contributed by atoms with E-state index in [-0.39, 0.29) is 11.7 Å². The van der Waals surface area contributed by atoms with E-state index < -0.39 is 6.04 Å². The van der Waals surface area contributed by atoms with Crippen molar-refractivity contribution in [2.24, 2.45) is 5.73 Å². The van der Waals surface area contributed by atoms with Gasteiger partial charge in [-0.2, -0.15) is 0 Å². The molecule has 4 heteroatoms. The Balaban J connectivity index is 2.54. The normalized spacial score (nSPS) is 12.2. The van der Waals surface area contributed by atoms with Crippen molar-refractivity contribution in [3.05, 3.63) is 29.8 Å². The van der Waals surface area contributed by atoms with Crippen molar-refractivity contribution in [2.45, 2.75) is 38.8 Å². The maximum Gasteiger partial charge on any atom is 0.239 e. The zero-order valence-corrected chi connectivity index (χ0v) is 11.1. The largest absolute Gasteiger partial charge is 0.508 e. The van der Waals surface area contributed by atoms with Crippen molar-refractivity contribution in [1.82, 2.24) is 4.90 Å². The van der Waals surface area contributed by atoms with Gasteiger partial charge in [0.1, 0.15) is 5.75 Å². The number of hydrogen-bond acceptors (Lipinski definition) is 3.